The van der Waals surface area contributed by atoms with Crippen LogP contribution in [0.4, 0.5) is 26.3 Å². The number of hydrogen-bond donors (Lipinski definition) is 1. The molecule has 0 aliphatic heterocycles. The number of hydrogen-bond acceptors (Lipinski definition) is 3. The van der Waals surface area contributed by atoms with Gasteiger partial charge in [-0.3, -0.25) is 4.79 Å². The van der Waals surface area contributed by atoms with Crippen LogP contribution in [0.15, 0.2) is 18.2 Å². The van der Waals surface area contributed by atoms with Gasteiger partial charge in [-0.15, -0.1) is 0 Å². The highest BCUT2D eigenvalue weighted by atomic mass is 19.4. The number of carbonyl (C=O) groups is 2. The highest BCUT2D eigenvalue weighted by molar-refractivity contribution is 5.97. The third-order valence-electron chi connectivity index (χ3n) is 3.80. The lowest BCUT2D eigenvalue weighted by Crippen LogP contribution is -2.45. The van der Waals surface area contributed by atoms with E-state index in [1.54, 1.807) is 13.8 Å². The number of halogens is 6. The van der Waals surface area contributed by atoms with E-state index >= 15 is 0 Å². The number of esters is 1. The predicted molar refractivity (Wildman–Crippen MR) is 79.2 cm³/mol. The normalized spacial score (nSPS) is 14.5. The van der Waals surface area contributed by atoms with E-state index in [0.29, 0.717) is 18.6 Å². The van der Waals surface area contributed by atoms with E-state index in [2.05, 4.69) is 10.1 Å². The van der Waals surface area contributed by atoms with E-state index in [-0.39, 0.29) is 6.07 Å². The minimum absolute atomic E-state index is 0.0801. The molecule has 1 amide bonds. The Morgan fingerprint density at radius 3 is 1.85 bits per heavy atom. The van der Waals surface area contributed by atoms with E-state index in [1.165, 1.54) is 0 Å². The topological polar surface area (TPSA) is 55.4 Å². The van der Waals surface area contributed by atoms with Crippen LogP contribution in [0.25, 0.3) is 0 Å². The van der Waals surface area contributed by atoms with Gasteiger partial charge in [-0.2, -0.15) is 26.3 Å². The first kappa shape index (κ1) is 21.8. The second-order valence-corrected chi connectivity index (χ2v) is 5.65. The first-order valence-corrected chi connectivity index (χ1v) is 7.49. The molecule has 0 heterocycles. The van der Waals surface area contributed by atoms with Crippen LogP contribution in [-0.4, -0.2) is 25.0 Å². The highest BCUT2D eigenvalue weighted by Crippen LogP contribution is 2.36. The minimum atomic E-state index is -5.07. The van der Waals surface area contributed by atoms with Crippen molar-refractivity contribution in [3.63, 3.8) is 0 Å². The van der Waals surface area contributed by atoms with Crippen LogP contribution >= 0.6 is 0 Å². The van der Waals surface area contributed by atoms with E-state index in [1.807, 2.05) is 0 Å². The molecule has 0 aliphatic rings. The van der Waals surface area contributed by atoms with Crippen molar-refractivity contribution in [3.8, 4) is 0 Å². The summed E-state index contributed by atoms with van der Waals surface area (Å²) in [6.45, 7) is 3.27. The molecule has 1 N–H and O–H groups in total. The van der Waals surface area contributed by atoms with Gasteiger partial charge >= 0.3 is 18.3 Å². The number of ether oxygens (including phenoxy) is 1. The smallest absolute Gasteiger partial charge is 0.416 e. The Morgan fingerprint density at radius 2 is 1.50 bits per heavy atom. The third-order valence-corrected chi connectivity index (χ3v) is 3.80. The molecule has 10 heteroatoms. The van der Waals surface area contributed by atoms with Crippen molar-refractivity contribution in [1.29, 1.82) is 0 Å². The van der Waals surface area contributed by atoms with Crippen LogP contribution in [0.1, 0.15) is 41.8 Å². The summed E-state index contributed by atoms with van der Waals surface area (Å²) in [5.41, 5.74) is -4.09. The number of alkyl halides is 6. The summed E-state index contributed by atoms with van der Waals surface area (Å²) in [7, 11) is 1.05. The van der Waals surface area contributed by atoms with Gasteiger partial charge in [0.25, 0.3) is 5.91 Å². The lowest BCUT2D eigenvalue weighted by Gasteiger charge is -2.22. The van der Waals surface area contributed by atoms with Crippen LogP contribution in [-0.2, 0) is 21.9 Å². The SMILES string of the molecule is CC[C@H](C)[C@@H](NC(=O)c1cc(C(F)(F)F)cc(C(F)(F)F)c1)C(=O)OC. The number of methoxy groups -OCH3 is 1. The van der Waals surface area contributed by atoms with Crippen molar-refractivity contribution in [2.45, 2.75) is 38.7 Å². The van der Waals surface area contributed by atoms with Crippen molar-refractivity contribution in [3.05, 3.63) is 34.9 Å². The molecule has 4 nitrogen and oxygen atoms in total. The fourth-order valence-electron chi connectivity index (χ4n) is 2.11. The average molecular weight is 385 g/mol. The zero-order valence-electron chi connectivity index (χ0n) is 14.1. The Labute approximate surface area is 145 Å². The molecule has 0 unspecified atom stereocenters. The summed E-state index contributed by atoms with van der Waals surface area (Å²) in [5, 5.41) is 2.14. The van der Waals surface area contributed by atoms with Crippen molar-refractivity contribution >= 4 is 11.9 Å². The van der Waals surface area contributed by atoms with Crippen molar-refractivity contribution in [1.82, 2.24) is 5.32 Å². The summed E-state index contributed by atoms with van der Waals surface area (Å²) in [6.07, 6.45) is -9.74. The monoisotopic (exact) mass is 385 g/mol. The second-order valence-electron chi connectivity index (χ2n) is 5.65. The number of carbonyl (C=O) groups excluding carboxylic acids is 2. The summed E-state index contributed by atoms with van der Waals surface area (Å²) in [4.78, 5) is 23.9. The van der Waals surface area contributed by atoms with Gasteiger partial charge < -0.3 is 10.1 Å². The lowest BCUT2D eigenvalue weighted by atomic mass is 9.98. The molecule has 0 fully saturated rings. The Bertz CT molecular complexity index is 637. The van der Waals surface area contributed by atoms with Crippen molar-refractivity contribution in [2.24, 2.45) is 5.92 Å². The third kappa shape index (κ3) is 5.37. The maximum atomic E-state index is 12.9. The standard InChI is InChI=1S/C16H17F6NO3/c1-4-8(2)12(14(25)26-3)23-13(24)9-5-10(15(17,18)19)7-11(6-9)16(20,21)22/h5-8,12H,4H2,1-3H3,(H,23,24)/t8-,12+/m0/s1. The molecule has 0 aliphatic carbocycles. The summed E-state index contributed by atoms with van der Waals surface area (Å²) < 4.78 is 81.6. The van der Waals surface area contributed by atoms with Crippen molar-refractivity contribution in [2.75, 3.05) is 7.11 Å². The molecular formula is C16H17F6NO3. The molecule has 1 aromatic carbocycles. The number of rotatable bonds is 5. The first-order valence-electron chi connectivity index (χ1n) is 7.49. The van der Waals surface area contributed by atoms with E-state index < -0.39 is 52.9 Å². The van der Waals surface area contributed by atoms with Crippen LogP contribution in [0.5, 0.6) is 0 Å². The summed E-state index contributed by atoms with van der Waals surface area (Å²) in [6, 6.07) is -0.685. The predicted octanol–water partition coefficient (Wildman–Crippen LogP) is 4.04. The maximum Gasteiger partial charge on any atom is 0.416 e. The van der Waals surface area contributed by atoms with E-state index in [4.69, 9.17) is 0 Å². The van der Waals surface area contributed by atoms with Crippen LogP contribution < -0.4 is 5.32 Å². The molecule has 0 saturated heterocycles. The van der Waals surface area contributed by atoms with E-state index in [9.17, 15) is 35.9 Å². The minimum Gasteiger partial charge on any atom is -0.467 e. The first-order chi connectivity index (χ1) is 11.8. The Balaban J connectivity index is 3.31. The fourth-order valence-corrected chi connectivity index (χ4v) is 2.11. The number of benzene rings is 1. The Morgan fingerprint density at radius 1 is 1.04 bits per heavy atom. The highest BCUT2D eigenvalue weighted by Gasteiger charge is 2.38. The Hall–Kier alpha value is -2.26. The molecule has 0 spiro atoms. The van der Waals surface area contributed by atoms with Gasteiger partial charge in [0, 0.05) is 5.56 Å². The van der Waals surface area contributed by atoms with Gasteiger partial charge in [0.05, 0.1) is 18.2 Å². The molecule has 2 atom stereocenters. The number of nitrogens with one attached hydrogen (secondary N) is 1. The quantitative estimate of drug-likeness (QED) is 0.615. The van der Waals surface area contributed by atoms with Gasteiger partial charge in [-0.05, 0) is 24.1 Å². The zero-order chi connectivity index (χ0) is 20.3. The molecule has 0 aromatic heterocycles. The van der Waals surface area contributed by atoms with Crippen LogP contribution in [0.2, 0.25) is 0 Å². The maximum absolute atomic E-state index is 12.9. The Kier molecular flexibility index (Phi) is 6.67. The van der Waals surface area contributed by atoms with Crippen LogP contribution in [0, 0.1) is 5.92 Å². The molecule has 146 valence electrons. The molecule has 0 bridgehead atoms. The van der Waals surface area contributed by atoms with Crippen molar-refractivity contribution < 1.29 is 40.7 Å². The van der Waals surface area contributed by atoms with Gasteiger partial charge in [-0.25, -0.2) is 4.79 Å². The molecule has 0 saturated carbocycles. The lowest BCUT2D eigenvalue weighted by molar-refractivity contribution is -0.145. The fraction of sp³-hybridized carbons (Fsp3) is 0.500. The van der Waals surface area contributed by atoms with Gasteiger partial charge in [-0.1, -0.05) is 20.3 Å². The molecule has 1 rings (SSSR count). The molecule has 0 radical (unpaired) electrons. The summed E-state index contributed by atoms with van der Waals surface area (Å²) in [5.74, 6) is -2.53. The molecule has 1 aromatic rings. The van der Waals surface area contributed by atoms with Gasteiger partial charge in [0.1, 0.15) is 6.04 Å². The largest absolute Gasteiger partial charge is 0.467 e. The summed E-state index contributed by atoms with van der Waals surface area (Å²) >= 11 is 0. The van der Waals surface area contributed by atoms with Gasteiger partial charge in [0.2, 0.25) is 0 Å². The second kappa shape index (κ2) is 7.96. The molecular weight excluding hydrogens is 368 g/mol. The van der Waals surface area contributed by atoms with E-state index in [0.717, 1.165) is 7.11 Å². The zero-order valence-corrected chi connectivity index (χ0v) is 14.1. The van der Waals surface area contributed by atoms with Gasteiger partial charge in [0.15, 0.2) is 0 Å². The average Bonchev–Trinajstić information content (AvgIpc) is 2.56. The molecule has 26 heavy (non-hydrogen) atoms. The van der Waals surface area contributed by atoms with Crippen LogP contribution in [0.3, 0.4) is 0 Å². The number of amides is 1.